The number of halogens is 1. The Morgan fingerprint density at radius 1 is 1.17 bits per heavy atom. The molecule has 0 saturated carbocycles. The van der Waals surface area contributed by atoms with Crippen molar-refractivity contribution in [3.8, 4) is 34.1 Å². The number of carbonyl (C=O) groups excluding carboxylic acids is 2. The Kier molecular flexibility index (Phi) is 6.26. The lowest BCUT2D eigenvalue weighted by molar-refractivity contribution is -0.119. The normalized spacial score (nSPS) is 14.9. The summed E-state index contributed by atoms with van der Waals surface area (Å²) in [5.41, 5.74) is 7.83. The third-order valence-electron chi connectivity index (χ3n) is 5.73. The van der Waals surface area contributed by atoms with Gasteiger partial charge in [0, 0.05) is 42.0 Å². The zero-order chi connectivity index (χ0) is 25.2. The number of anilines is 1. The largest absolute Gasteiger partial charge is 0.457 e. The van der Waals surface area contributed by atoms with Crippen LogP contribution in [0.25, 0.3) is 22.6 Å². The summed E-state index contributed by atoms with van der Waals surface area (Å²) in [6.45, 7) is 0.578. The number of hydrogen-bond acceptors (Lipinski definition) is 7. The van der Waals surface area contributed by atoms with Crippen LogP contribution in [0.5, 0.6) is 11.5 Å². The van der Waals surface area contributed by atoms with Gasteiger partial charge in [-0.15, -0.1) is 0 Å². The van der Waals surface area contributed by atoms with E-state index in [0.29, 0.717) is 46.7 Å². The average molecular weight is 504 g/mol. The van der Waals surface area contributed by atoms with Crippen LogP contribution in [0.1, 0.15) is 16.9 Å². The van der Waals surface area contributed by atoms with Gasteiger partial charge in [-0.25, -0.2) is 9.97 Å². The molecule has 182 valence electrons. The molecule has 5 rings (SSSR count). The number of nitrogens with two attached hydrogens (primary N) is 1. The lowest BCUT2D eigenvalue weighted by Gasteiger charge is -2.14. The second-order valence-corrected chi connectivity index (χ2v) is 8.65. The number of aryl methyl sites for hydroxylation is 1. The molecule has 2 aromatic carbocycles. The van der Waals surface area contributed by atoms with Crippen LogP contribution < -0.4 is 21.1 Å². The summed E-state index contributed by atoms with van der Waals surface area (Å²) >= 11 is 6.23. The number of primary amides is 1. The van der Waals surface area contributed by atoms with Gasteiger partial charge in [-0.1, -0.05) is 11.6 Å². The van der Waals surface area contributed by atoms with Crippen molar-refractivity contribution in [2.24, 2.45) is 12.8 Å². The summed E-state index contributed by atoms with van der Waals surface area (Å²) in [5, 5.41) is 10.6. The van der Waals surface area contributed by atoms with E-state index in [1.165, 1.54) is 6.07 Å². The molecular weight excluding hydrogens is 482 g/mol. The molecule has 11 heteroatoms. The first kappa shape index (κ1) is 23.3. The second kappa shape index (κ2) is 9.67. The third kappa shape index (κ3) is 4.84. The minimum Gasteiger partial charge on any atom is -0.457 e. The standard InChI is InChI=1S/C25H22ClN7O3/c1-33-20(9-11-29-33)17-12-15(26)4-7-21(17)36-16-5-2-14(3-6-16)24-31-19(23(27)34)13-22(32-24)30-18-8-10-28-25(18)35/h2-7,9,11-13,18H,8,10H2,1H3,(H2,27,34)(H,28,35)(H,30,31,32)/t18-/m0/s1. The van der Waals surface area contributed by atoms with Crippen molar-refractivity contribution in [3.63, 3.8) is 0 Å². The number of nitrogens with one attached hydrogen (secondary N) is 2. The van der Waals surface area contributed by atoms with Crippen LogP contribution in [-0.2, 0) is 11.8 Å². The molecule has 1 aliphatic heterocycles. The average Bonchev–Trinajstić information content (AvgIpc) is 3.48. The van der Waals surface area contributed by atoms with E-state index in [-0.39, 0.29) is 11.6 Å². The fourth-order valence-corrected chi connectivity index (χ4v) is 4.09. The van der Waals surface area contributed by atoms with E-state index in [1.54, 1.807) is 47.3 Å². The van der Waals surface area contributed by atoms with E-state index in [1.807, 2.05) is 19.2 Å². The molecule has 1 saturated heterocycles. The van der Waals surface area contributed by atoms with Gasteiger partial charge in [0.2, 0.25) is 5.91 Å². The molecule has 10 nitrogen and oxygen atoms in total. The number of benzene rings is 2. The Labute approximate surface area is 211 Å². The number of amides is 2. The van der Waals surface area contributed by atoms with E-state index in [2.05, 4.69) is 25.7 Å². The van der Waals surface area contributed by atoms with E-state index in [4.69, 9.17) is 22.1 Å². The molecule has 0 aliphatic carbocycles. The van der Waals surface area contributed by atoms with Crippen LogP contribution >= 0.6 is 11.6 Å². The Balaban J connectivity index is 1.42. The third-order valence-corrected chi connectivity index (χ3v) is 5.96. The predicted molar refractivity (Wildman–Crippen MR) is 135 cm³/mol. The van der Waals surface area contributed by atoms with E-state index in [0.717, 1.165) is 11.3 Å². The first-order valence-electron chi connectivity index (χ1n) is 11.2. The fourth-order valence-electron chi connectivity index (χ4n) is 3.92. The first-order chi connectivity index (χ1) is 17.4. The van der Waals surface area contributed by atoms with Gasteiger partial charge in [0.15, 0.2) is 5.82 Å². The summed E-state index contributed by atoms with van der Waals surface area (Å²) < 4.78 is 7.89. The number of nitrogens with zero attached hydrogens (tertiary/aromatic N) is 4. The monoisotopic (exact) mass is 503 g/mol. The molecule has 2 aromatic heterocycles. The van der Waals surface area contributed by atoms with Gasteiger partial charge >= 0.3 is 0 Å². The molecule has 0 spiro atoms. The summed E-state index contributed by atoms with van der Waals surface area (Å²) in [7, 11) is 1.84. The molecule has 4 aromatic rings. The van der Waals surface area contributed by atoms with Gasteiger partial charge in [0.05, 0.1) is 5.69 Å². The van der Waals surface area contributed by atoms with Crippen molar-refractivity contribution in [1.29, 1.82) is 0 Å². The molecule has 1 aliphatic rings. The van der Waals surface area contributed by atoms with Gasteiger partial charge in [0.1, 0.15) is 29.1 Å². The lowest BCUT2D eigenvalue weighted by atomic mass is 10.1. The second-order valence-electron chi connectivity index (χ2n) is 8.21. The maximum absolute atomic E-state index is 11.9. The number of hydrogen-bond donors (Lipinski definition) is 3. The highest BCUT2D eigenvalue weighted by molar-refractivity contribution is 6.31. The number of carbonyl (C=O) groups is 2. The highest BCUT2D eigenvalue weighted by Gasteiger charge is 2.25. The van der Waals surface area contributed by atoms with Crippen LogP contribution in [0.2, 0.25) is 5.02 Å². The molecule has 1 fully saturated rings. The number of aromatic nitrogens is 4. The summed E-state index contributed by atoms with van der Waals surface area (Å²) in [6, 6.07) is 15.4. The van der Waals surface area contributed by atoms with Crippen LogP contribution in [-0.4, -0.2) is 44.1 Å². The zero-order valence-corrected chi connectivity index (χ0v) is 20.0. The SMILES string of the molecule is Cn1nccc1-c1cc(Cl)ccc1Oc1ccc(-c2nc(N[C@H]3CCNC3=O)cc(C(N)=O)n2)cc1. The number of ether oxygens (including phenoxy) is 1. The predicted octanol–water partition coefficient (Wildman–Crippen LogP) is 3.39. The molecule has 0 bridgehead atoms. The lowest BCUT2D eigenvalue weighted by Crippen LogP contribution is -2.30. The van der Waals surface area contributed by atoms with Crippen molar-refractivity contribution in [2.75, 3.05) is 11.9 Å². The molecule has 4 N–H and O–H groups in total. The van der Waals surface area contributed by atoms with E-state index in [9.17, 15) is 9.59 Å². The minimum atomic E-state index is -0.692. The van der Waals surface area contributed by atoms with Gasteiger partial charge in [-0.3, -0.25) is 14.3 Å². The van der Waals surface area contributed by atoms with Crippen LogP contribution in [0.4, 0.5) is 5.82 Å². The van der Waals surface area contributed by atoms with Crippen molar-refractivity contribution in [3.05, 3.63) is 71.5 Å². The highest BCUT2D eigenvalue weighted by Crippen LogP contribution is 2.35. The molecule has 0 unspecified atom stereocenters. The maximum atomic E-state index is 11.9. The van der Waals surface area contributed by atoms with Crippen molar-refractivity contribution in [1.82, 2.24) is 25.1 Å². The van der Waals surface area contributed by atoms with E-state index < -0.39 is 11.9 Å². The van der Waals surface area contributed by atoms with Crippen LogP contribution in [0, 0.1) is 0 Å². The Hall–Kier alpha value is -4.44. The first-order valence-corrected chi connectivity index (χ1v) is 11.5. The highest BCUT2D eigenvalue weighted by atomic mass is 35.5. The number of rotatable bonds is 7. The van der Waals surface area contributed by atoms with Gasteiger partial charge < -0.3 is 21.1 Å². The van der Waals surface area contributed by atoms with Gasteiger partial charge in [0.25, 0.3) is 5.91 Å². The van der Waals surface area contributed by atoms with Crippen LogP contribution in [0.15, 0.2) is 60.8 Å². The Bertz CT molecular complexity index is 1450. The molecular formula is C25H22ClN7O3. The molecule has 1 atom stereocenters. The molecule has 2 amide bonds. The van der Waals surface area contributed by atoms with Crippen LogP contribution in [0.3, 0.4) is 0 Å². The molecule has 36 heavy (non-hydrogen) atoms. The Morgan fingerprint density at radius 2 is 1.97 bits per heavy atom. The molecule has 3 heterocycles. The minimum absolute atomic E-state index is 0.0446. The van der Waals surface area contributed by atoms with E-state index >= 15 is 0 Å². The maximum Gasteiger partial charge on any atom is 0.267 e. The van der Waals surface area contributed by atoms with Crippen molar-refractivity contribution < 1.29 is 14.3 Å². The summed E-state index contributed by atoms with van der Waals surface area (Å²) in [6.07, 6.45) is 2.32. The zero-order valence-electron chi connectivity index (χ0n) is 19.2. The van der Waals surface area contributed by atoms with Gasteiger partial charge in [-0.2, -0.15) is 5.10 Å². The quantitative estimate of drug-likeness (QED) is 0.351. The van der Waals surface area contributed by atoms with Crippen molar-refractivity contribution in [2.45, 2.75) is 12.5 Å². The fraction of sp³-hybridized carbons (Fsp3) is 0.160. The molecule has 0 radical (unpaired) electrons. The smallest absolute Gasteiger partial charge is 0.267 e. The van der Waals surface area contributed by atoms with Crippen molar-refractivity contribution >= 4 is 29.2 Å². The summed E-state index contributed by atoms with van der Waals surface area (Å²) in [5.74, 6) is 1.02. The summed E-state index contributed by atoms with van der Waals surface area (Å²) in [4.78, 5) is 32.6. The van der Waals surface area contributed by atoms with Gasteiger partial charge in [-0.05, 0) is 55.0 Å². The Morgan fingerprint density at radius 3 is 2.64 bits per heavy atom. The topological polar surface area (TPSA) is 137 Å².